The van der Waals surface area contributed by atoms with Crippen molar-refractivity contribution in [1.82, 2.24) is 4.57 Å². The Hall–Kier alpha value is -0.735. The summed E-state index contributed by atoms with van der Waals surface area (Å²) in [5, 5.41) is 0. The fourth-order valence-electron chi connectivity index (χ4n) is 2.85. The van der Waals surface area contributed by atoms with E-state index >= 15 is 0 Å². The second kappa shape index (κ2) is 4.39. The Labute approximate surface area is 117 Å². The van der Waals surface area contributed by atoms with Crippen LogP contribution in [0.2, 0.25) is 0 Å². The molecule has 0 N–H and O–H groups in total. The van der Waals surface area contributed by atoms with E-state index in [-0.39, 0.29) is 18.3 Å². The molecule has 0 radical (unpaired) electrons. The normalized spacial score (nSPS) is 21.2. The predicted molar refractivity (Wildman–Crippen MR) is 80.0 cm³/mol. The molecule has 0 aliphatic carbocycles. The smallest absolute Gasteiger partial charge is 0.399 e. The van der Waals surface area contributed by atoms with Crippen LogP contribution in [-0.4, -0.2) is 22.9 Å². The molecule has 3 nitrogen and oxygen atoms in total. The minimum Gasteiger partial charge on any atom is -0.399 e. The Morgan fingerprint density at radius 3 is 1.79 bits per heavy atom. The van der Waals surface area contributed by atoms with Crippen LogP contribution in [0.15, 0.2) is 0 Å². The van der Waals surface area contributed by atoms with Crippen LogP contribution in [0.4, 0.5) is 0 Å². The lowest BCUT2D eigenvalue weighted by Gasteiger charge is -2.32. The zero-order valence-electron chi connectivity index (χ0n) is 13.5. The van der Waals surface area contributed by atoms with Crippen molar-refractivity contribution in [3.05, 3.63) is 17.0 Å². The lowest BCUT2D eigenvalue weighted by atomic mass is 9.76. The van der Waals surface area contributed by atoms with E-state index in [2.05, 4.69) is 60.0 Å². The van der Waals surface area contributed by atoms with Crippen LogP contribution in [0.3, 0.4) is 0 Å². The van der Waals surface area contributed by atoms with Gasteiger partial charge in [-0.1, -0.05) is 0 Å². The average Bonchev–Trinajstić information content (AvgIpc) is 2.60. The molecular formula is C15H26BNO2. The predicted octanol–water partition coefficient (Wildman–Crippen LogP) is 2.73. The van der Waals surface area contributed by atoms with Gasteiger partial charge in [0.1, 0.15) is 0 Å². The van der Waals surface area contributed by atoms with Gasteiger partial charge in [0.2, 0.25) is 0 Å². The molecule has 1 saturated heterocycles. The number of aromatic nitrogens is 1. The summed E-state index contributed by atoms with van der Waals surface area (Å²) in [4.78, 5) is 0. The Kier molecular flexibility index (Phi) is 3.39. The van der Waals surface area contributed by atoms with Crippen LogP contribution in [0.25, 0.3) is 0 Å². The topological polar surface area (TPSA) is 23.4 Å². The van der Waals surface area contributed by atoms with Crippen LogP contribution in [0.1, 0.15) is 51.6 Å². The third-order valence-electron chi connectivity index (χ3n) is 4.95. The fraction of sp³-hybridized carbons (Fsp3) is 0.733. The Balaban J connectivity index is 2.46. The summed E-state index contributed by atoms with van der Waals surface area (Å²) >= 11 is 0. The molecule has 1 fully saturated rings. The quantitative estimate of drug-likeness (QED) is 0.766. The van der Waals surface area contributed by atoms with Gasteiger partial charge in [-0.2, -0.15) is 0 Å². The van der Waals surface area contributed by atoms with Gasteiger partial charge in [-0.15, -0.1) is 0 Å². The summed E-state index contributed by atoms with van der Waals surface area (Å²) in [5.74, 6) is 0. The summed E-state index contributed by atoms with van der Waals surface area (Å²) in [6, 6.07) is 0. The summed E-state index contributed by atoms with van der Waals surface area (Å²) in [7, 11) is -0.253. The highest BCUT2D eigenvalue weighted by Crippen LogP contribution is 2.37. The average molecular weight is 263 g/mol. The van der Waals surface area contributed by atoms with Crippen molar-refractivity contribution in [3.8, 4) is 0 Å². The molecule has 0 amide bonds. The van der Waals surface area contributed by atoms with Gasteiger partial charge < -0.3 is 13.9 Å². The number of hydrogen-bond donors (Lipinski definition) is 0. The molecule has 0 bridgehead atoms. The third kappa shape index (κ3) is 2.05. The highest BCUT2D eigenvalue weighted by molar-refractivity contribution is 6.63. The summed E-state index contributed by atoms with van der Waals surface area (Å²) in [6.07, 6.45) is 0. The molecule has 1 aromatic heterocycles. The maximum absolute atomic E-state index is 6.19. The lowest BCUT2D eigenvalue weighted by molar-refractivity contribution is 0.00578. The minimum atomic E-state index is -0.279. The van der Waals surface area contributed by atoms with Gasteiger partial charge in [-0.3, -0.25) is 0 Å². The molecule has 0 saturated carbocycles. The molecule has 0 spiro atoms. The first-order valence-corrected chi connectivity index (χ1v) is 7.14. The van der Waals surface area contributed by atoms with Crippen LogP contribution in [-0.2, 0) is 15.9 Å². The summed E-state index contributed by atoms with van der Waals surface area (Å²) in [5.41, 5.74) is 4.51. The monoisotopic (exact) mass is 263 g/mol. The van der Waals surface area contributed by atoms with Gasteiger partial charge in [0.15, 0.2) is 0 Å². The van der Waals surface area contributed by atoms with Crippen LogP contribution in [0, 0.1) is 20.8 Å². The highest BCUT2D eigenvalue weighted by atomic mass is 16.7. The first kappa shape index (κ1) is 14.7. The lowest BCUT2D eigenvalue weighted by Crippen LogP contribution is -2.41. The summed E-state index contributed by atoms with van der Waals surface area (Å²) in [6.45, 7) is 18.0. The van der Waals surface area contributed by atoms with Crippen molar-refractivity contribution in [1.29, 1.82) is 0 Å². The molecule has 4 heteroatoms. The van der Waals surface area contributed by atoms with E-state index in [1.807, 2.05) is 0 Å². The van der Waals surface area contributed by atoms with Crippen molar-refractivity contribution < 1.29 is 9.31 Å². The zero-order chi connectivity index (χ0) is 14.6. The molecule has 1 aromatic rings. The second-order valence-corrected chi connectivity index (χ2v) is 6.54. The van der Waals surface area contributed by atoms with Gasteiger partial charge in [-0.25, -0.2) is 0 Å². The van der Waals surface area contributed by atoms with E-state index in [1.54, 1.807) is 0 Å². The molecule has 0 atom stereocenters. The van der Waals surface area contributed by atoms with E-state index in [0.29, 0.717) is 0 Å². The maximum Gasteiger partial charge on any atom is 0.496 e. The van der Waals surface area contributed by atoms with Gasteiger partial charge in [0.25, 0.3) is 0 Å². The first-order chi connectivity index (χ1) is 8.62. The Morgan fingerprint density at radius 2 is 1.42 bits per heavy atom. The zero-order valence-corrected chi connectivity index (χ0v) is 13.5. The van der Waals surface area contributed by atoms with Gasteiger partial charge in [0.05, 0.1) is 11.2 Å². The van der Waals surface area contributed by atoms with E-state index in [9.17, 15) is 0 Å². The Bertz CT molecular complexity index is 487. The third-order valence-corrected chi connectivity index (χ3v) is 4.95. The fourth-order valence-corrected chi connectivity index (χ4v) is 2.85. The molecule has 2 heterocycles. The van der Waals surface area contributed by atoms with Gasteiger partial charge in [-0.05, 0) is 61.0 Å². The molecular weight excluding hydrogens is 237 g/mol. The Morgan fingerprint density at radius 1 is 0.947 bits per heavy atom. The largest absolute Gasteiger partial charge is 0.496 e. The molecule has 1 aliphatic rings. The molecule has 19 heavy (non-hydrogen) atoms. The van der Waals surface area contributed by atoms with E-state index in [0.717, 1.165) is 6.54 Å². The van der Waals surface area contributed by atoms with E-state index in [4.69, 9.17) is 9.31 Å². The van der Waals surface area contributed by atoms with Crippen LogP contribution in [0.5, 0.6) is 0 Å². The molecule has 0 unspecified atom stereocenters. The maximum atomic E-state index is 6.19. The van der Waals surface area contributed by atoms with Crippen molar-refractivity contribution >= 4 is 12.6 Å². The molecule has 0 aromatic carbocycles. The van der Waals surface area contributed by atoms with Crippen molar-refractivity contribution in [3.63, 3.8) is 0 Å². The summed E-state index contributed by atoms with van der Waals surface area (Å²) < 4.78 is 14.7. The van der Waals surface area contributed by atoms with E-state index in [1.165, 1.54) is 22.4 Å². The van der Waals surface area contributed by atoms with Crippen molar-refractivity contribution in [2.45, 2.75) is 73.1 Å². The number of hydrogen-bond acceptors (Lipinski definition) is 2. The number of rotatable bonds is 2. The van der Waals surface area contributed by atoms with E-state index < -0.39 is 0 Å². The molecule has 2 rings (SSSR count). The van der Waals surface area contributed by atoms with Crippen LogP contribution < -0.4 is 5.46 Å². The highest BCUT2D eigenvalue weighted by Gasteiger charge is 2.52. The first-order valence-electron chi connectivity index (χ1n) is 7.14. The second-order valence-electron chi connectivity index (χ2n) is 6.54. The standard InChI is InChI=1S/C15H26BNO2/c1-9-17-11(3)10(2)13(12(17)4)16-18-14(5,6)15(7,8)19-16/h9H2,1-8H3. The van der Waals surface area contributed by atoms with Crippen molar-refractivity contribution in [2.24, 2.45) is 0 Å². The molecule has 106 valence electrons. The van der Waals surface area contributed by atoms with Crippen LogP contribution >= 0.6 is 0 Å². The SMILES string of the molecule is CCn1c(C)c(C)c(B2OC(C)(C)C(C)(C)O2)c1C. The number of nitrogens with zero attached hydrogens (tertiary/aromatic N) is 1. The van der Waals surface area contributed by atoms with Gasteiger partial charge in [0, 0.05) is 23.4 Å². The molecule has 1 aliphatic heterocycles. The van der Waals surface area contributed by atoms with Crippen molar-refractivity contribution in [2.75, 3.05) is 0 Å². The minimum absolute atomic E-state index is 0.253. The van der Waals surface area contributed by atoms with Gasteiger partial charge >= 0.3 is 7.12 Å².